The average Bonchev–Trinajstić information content (AvgIpc) is 3.67. The molecule has 2 heterocycles. The number of halogens is 2. The number of nitrogens with one attached hydrogen (secondary N) is 4. The van der Waals surface area contributed by atoms with Gasteiger partial charge in [-0.15, -0.1) is 0 Å². The third-order valence-electron chi connectivity index (χ3n) is 9.39. The minimum Gasteiger partial charge on any atom is -0.445 e. The van der Waals surface area contributed by atoms with Gasteiger partial charge in [-0.3, -0.25) is 9.59 Å². The van der Waals surface area contributed by atoms with Crippen molar-refractivity contribution in [3.8, 4) is 0 Å². The highest BCUT2D eigenvalue weighted by atomic mass is 35.5. The van der Waals surface area contributed by atoms with E-state index >= 15 is 0 Å². The summed E-state index contributed by atoms with van der Waals surface area (Å²) in [6.07, 6.45) is 1.45. The lowest BCUT2D eigenvalue weighted by atomic mass is 9.78. The van der Waals surface area contributed by atoms with E-state index in [4.69, 9.17) is 32.5 Å². The number of H-pyrrole nitrogens is 1. The number of aromatic amines is 1. The molecule has 2 unspecified atom stereocenters. The second-order valence-electron chi connectivity index (χ2n) is 12.7. The van der Waals surface area contributed by atoms with Gasteiger partial charge in [-0.25, -0.2) is 4.79 Å². The van der Waals surface area contributed by atoms with Gasteiger partial charge in [0.1, 0.15) is 24.2 Å². The number of amides is 3. The lowest BCUT2D eigenvalue weighted by molar-refractivity contribution is -0.136. The Kier molecular flexibility index (Phi) is 11.0. The lowest BCUT2D eigenvalue weighted by Gasteiger charge is -2.39. The molecule has 5 atom stereocenters. The van der Waals surface area contributed by atoms with E-state index in [1.807, 2.05) is 64.1 Å². The molecule has 1 aliphatic rings. The highest BCUT2D eigenvalue weighted by molar-refractivity contribution is 6.38. The molecule has 5 rings (SSSR count). The molecule has 4 aromatic rings. The fraction of sp³-hybridized carbons (Fsp3) is 0.457. The summed E-state index contributed by atoms with van der Waals surface area (Å²) in [5.74, 6) is -0.482. The fourth-order valence-corrected chi connectivity index (χ4v) is 6.68. The topological polar surface area (TPSA) is 151 Å². The summed E-state index contributed by atoms with van der Waals surface area (Å²) in [6, 6.07) is 11.2. The van der Waals surface area contributed by atoms with Crippen molar-refractivity contribution in [3.05, 3.63) is 81.0 Å². The van der Waals surface area contributed by atoms with Crippen LogP contribution in [0.2, 0.25) is 10.0 Å². The van der Waals surface area contributed by atoms with E-state index in [2.05, 4.69) is 31.1 Å². The van der Waals surface area contributed by atoms with Crippen molar-refractivity contribution in [2.24, 2.45) is 11.8 Å². The number of aryl methyl sites for hydroxylation is 2. The second-order valence-corrected chi connectivity index (χ2v) is 13.6. The number of aromatic nitrogens is 3. The third-order valence-corrected chi connectivity index (χ3v) is 9.90. The van der Waals surface area contributed by atoms with Gasteiger partial charge in [0, 0.05) is 22.5 Å². The van der Waals surface area contributed by atoms with Gasteiger partial charge in [0.15, 0.2) is 5.82 Å². The Bertz CT molecular complexity index is 1780. The summed E-state index contributed by atoms with van der Waals surface area (Å²) in [7, 11) is 0. The first-order valence-electron chi connectivity index (χ1n) is 16.3. The van der Waals surface area contributed by atoms with Crippen LogP contribution in [-0.4, -0.2) is 44.6 Å². The molecule has 1 aliphatic carbocycles. The zero-order valence-corrected chi connectivity index (χ0v) is 29.3. The SMILES string of the molecule is CCC(C)C(NC(=O)OCc1ccccc1)C(=O)N[C@]1(C(=O)N[C@H](c2nc(C)no2)[C@@H](C)CC)CCc2[nH]c3c(Cl)cc(Cl)cc3c2C1. The van der Waals surface area contributed by atoms with Crippen molar-refractivity contribution in [1.29, 1.82) is 0 Å². The Balaban J connectivity index is 1.47. The van der Waals surface area contributed by atoms with Crippen LogP contribution >= 0.6 is 23.2 Å². The van der Waals surface area contributed by atoms with Gasteiger partial charge in [0.05, 0.1) is 10.5 Å². The molecule has 256 valence electrons. The van der Waals surface area contributed by atoms with Gasteiger partial charge in [-0.2, -0.15) is 4.98 Å². The Morgan fingerprint density at radius 3 is 2.46 bits per heavy atom. The van der Waals surface area contributed by atoms with Crippen LogP contribution in [0.5, 0.6) is 0 Å². The van der Waals surface area contributed by atoms with Crippen LogP contribution in [0.3, 0.4) is 0 Å². The van der Waals surface area contributed by atoms with Crippen molar-refractivity contribution in [2.75, 3.05) is 0 Å². The number of hydrogen-bond acceptors (Lipinski definition) is 7. The summed E-state index contributed by atoms with van der Waals surface area (Å²) >= 11 is 13.0. The van der Waals surface area contributed by atoms with Gasteiger partial charge in [-0.05, 0) is 54.9 Å². The number of fused-ring (bicyclic) bond motifs is 3. The molecular weight excluding hydrogens is 655 g/mol. The van der Waals surface area contributed by atoms with Gasteiger partial charge in [0.2, 0.25) is 17.7 Å². The highest BCUT2D eigenvalue weighted by Crippen LogP contribution is 2.39. The highest BCUT2D eigenvalue weighted by Gasteiger charge is 2.47. The average molecular weight is 698 g/mol. The molecule has 2 aromatic carbocycles. The van der Waals surface area contributed by atoms with Crippen LogP contribution < -0.4 is 16.0 Å². The monoisotopic (exact) mass is 696 g/mol. The summed E-state index contributed by atoms with van der Waals surface area (Å²) < 4.78 is 11.0. The summed E-state index contributed by atoms with van der Waals surface area (Å²) in [5.41, 5.74) is 1.87. The molecule has 0 bridgehead atoms. The molecule has 48 heavy (non-hydrogen) atoms. The molecule has 13 heteroatoms. The number of rotatable bonds is 12. The molecule has 2 aromatic heterocycles. The maximum atomic E-state index is 14.6. The number of benzene rings is 2. The number of nitrogens with zero attached hydrogens (tertiary/aromatic N) is 2. The van der Waals surface area contributed by atoms with E-state index in [-0.39, 0.29) is 31.3 Å². The molecule has 0 spiro atoms. The third kappa shape index (κ3) is 7.63. The van der Waals surface area contributed by atoms with E-state index in [0.29, 0.717) is 40.1 Å². The molecule has 0 fully saturated rings. The zero-order valence-electron chi connectivity index (χ0n) is 27.8. The standard InChI is InChI=1S/C35H42Cl2N6O5/c1-6-19(3)28(41-34(46)47-18-22-11-9-8-10-12-22)31(44)42-35(33(45)40-29(20(4)7-2)32-38-21(5)43-48-32)14-13-27-25(17-35)24-15-23(36)16-26(37)30(24)39-27/h8-12,15-16,19-20,28-29,39H,6-7,13-14,17-18H2,1-5H3,(H,40,45)(H,41,46)(H,42,44)/t19?,20-,28?,29-,35+/m0/s1. The van der Waals surface area contributed by atoms with Crippen molar-refractivity contribution in [1.82, 2.24) is 31.1 Å². The summed E-state index contributed by atoms with van der Waals surface area (Å²) in [4.78, 5) is 49.6. The summed E-state index contributed by atoms with van der Waals surface area (Å²) in [5, 5.41) is 14.6. The Morgan fingerprint density at radius 1 is 1.06 bits per heavy atom. The van der Waals surface area contributed by atoms with E-state index in [1.165, 1.54) is 0 Å². The number of ether oxygens (including phenoxy) is 1. The molecule has 4 N–H and O–H groups in total. The normalized spacial score (nSPS) is 18.3. The van der Waals surface area contributed by atoms with Crippen LogP contribution in [0.25, 0.3) is 10.9 Å². The number of carbonyl (C=O) groups is 3. The Morgan fingerprint density at radius 2 is 1.79 bits per heavy atom. The fourth-order valence-electron chi connectivity index (χ4n) is 6.14. The number of carbonyl (C=O) groups excluding carboxylic acids is 3. The van der Waals surface area contributed by atoms with Gasteiger partial charge < -0.3 is 30.2 Å². The molecular formula is C35H42Cl2N6O5. The zero-order chi connectivity index (χ0) is 34.6. The van der Waals surface area contributed by atoms with Gasteiger partial charge >= 0.3 is 6.09 Å². The quantitative estimate of drug-likeness (QED) is 0.128. The molecule has 0 saturated heterocycles. The minimum absolute atomic E-state index is 0.0501. The predicted octanol–water partition coefficient (Wildman–Crippen LogP) is 6.75. The van der Waals surface area contributed by atoms with E-state index in [1.54, 1.807) is 13.0 Å². The van der Waals surface area contributed by atoms with Gasteiger partial charge in [-0.1, -0.05) is 99.2 Å². The van der Waals surface area contributed by atoms with E-state index in [0.717, 1.165) is 28.6 Å². The summed E-state index contributed by atoms with van der Waals surface area (Å²) in [6.45, 7) is 9.56. The molecule has 3 amide bonds. The van der Waals surface area contributed by atoms with Crippen molar-refractivity contribution in [3.63, 3.8) is 0 Å². The smallest absolute Gasteiger partial charge is 0.408 e. The molecule has 11 nitrogen and oxygen atoms in total. The maximum Gasteiger partial charge on any atom is 0.408 e. The molecule has 0 aliphatic heterocycles. The van der Waals surface area contributed by atoms with Crippen LogP contribution in [0.4, 0.5) is 4.79 Å². The molecule has 0 radical (unpaired) electrons. The number of alkyl carbamates (subject to hydrolysis) is 1. The van der Waals surface area contributed by atoms with Crippen molar-refractivity contribution < 1.29 is 23.6 Å². The first-order valence-corrected chi connectivity index (χ1v) is 17.1. The van der Waals surface area contributed by atoms with E-state index < -0.39 is 35.5 Å². The first kappa shape index (κ1) is 35.2. The first-order chi connectivity index (χ1) is 22.9. The second kappa shape index (κ2) is 15.0. The minimum atomic E-state index is -1.41. The van der Waals surface area contributed by atoms with Crippen molar-refractivity contribution >= 4 is 52.0 Å². The Hall–Kier alpha value is -4.09. The van der Waals surface area contributed by atoms with Crippen LogP contribution in [-0.2, 0) is 33.8 Å². The predicted molar refractivity (Wildman–Crippen MR) is 184 cm³/mol. The van der Waals surface area contributed by atoms with Crippen molar-refractivity contribution in [2.45, 2.75) is 91.0 Å². The largest absolute Gasteiger partial charge is 0.445 e. The number of hydrogen-bond donors (Lipinski definition) is 4. The van der Waals surface area contributed by atoms with Crippen LogP contribution in [0.15, 0.2) is 47.0 Å². The van der Waals surface area contributed by atoms with Gasteiger partial charge in [0.25, 0.3) is 0 Å². The van der Waals surface area contributed by atoms with Crippen LogP contribution in [0, 0.1) is 18.8 Å². The molecule has 0 saturated carbocycles. The van der Waals surface area contributed by atoms with E-state index in [9.17, 15) is 14.4 Å². The Labute approximate surface area is 289 Å². The van der Waals surface area contributed by atoms with Crippen LogP contribution in [0.1, 0.15) is 81.5 Å². The lowest BCUT2D eigenvalue weighted by Crippen LogP contribution is -2.65. The maximum absolute atomic E-state index is 14.6.